The molecule has 2 fully saturated rings. The minimum Gasteiger partial charge on any atom is -0.458 e. The zero-order chi connectivity index (χ0) is 66.6. The van der Waals surface area contributed by atoms with Gasteiger partial charge in [-0.2, -0.15) is 0 Å². The van der Waals surface area contributed by atoms with Crippen molar-refractivity contribution in [3.63, 3.8) is 0 Å². The van der Waals surface area contributed by atoms with Crippen molar-refractivity contribution < 1.29 is 72.5 Å². The number of carbonyl (C=O) groups is 12. The summed E-state index contributed by atoms with van der Waals surface area (Å²) < 4.78 is 5.79. The van der Waals surface area contributed by atoms with E-state index in [4.69, 9.17) is 10.5 Å². The lowest BCUT2D eigenvalue weighted by Gasteiger charge is -2.30. The van der Waals surface area contributed by atoms with Gasteiger partial charge >= 0.3 is 5.97 Å². The van der Waals surface area contributed by atoms with Crippen LogP contribution in [0.4, 0.5) is 0 Å². The number of primary amides is 1. The molecule has 1 saturated carbocycles. The molecule has 2 aromatic carbocycles. The first-order valence-electron chi connectivity index (χ1n) is 31.8. The number of ether oxygens (including phenoxy) is 1. The van der Waals surface area contributed by atoms with Crippen LogP contribution in [0, 0.1) is 59.2 Å². The molecule has 7 amide bonds. The first kappa shape index (κ1) is 74.3. The highest BCUT2D eigenvalue weighted by Crippen LogP contribution is 2.45. The number of fused-ring (bicyclic) bond motifs is 1. The number of nitrogens with one attached hydrogen (secondary N) is 6. The summed E-state index contributed by atoms with van der Waals surface area (Å²) in [7, 11) is 0. The molecule has 1 aliphatic heterocycles. The number of aliphatic hydroxyl groups excluding tert-OH is 2. The Hall–Kier alpha value is -7.20. The summed E-state index contributed by atoms with van der Waals surface area (Å²) in [5, 5.41) is 39.7. The predicted octanol–water partition coefficient (Wildman–Crippen LogP) is 4.59. The maximum atomic E-state index is 14.5. The van der Waals surface area contributed by atoms with Crippen LogP contribution in [0.5, 0.6) is 0 Å². The fourth-order valence-corrected chi connectivity index (χ4v) is 11.4. The van der Waals surface area contributed by atoms with Crippen LogP contribution in [0.2, 0.25) is 0 Å². The normalized spacial score (nSPS) is 23.4. The van der Waals surface area contributed by atoms with Crippen molar-refractivity contribution in [3.8, 4) is 0 Å². The smallest absolute Gasteiger partial charge is 0.329 e. The Labute approximate surface area is 523 Å². The van der Waals surface area contributed by atoms with Gasteiger partial charge in [-0.05, 0) is 72.6 Å². The molecule has 22 nitrogen and oxygen atoms in total. The Balaban J connectivity index is 1.51. The molecule has 89 heavy (non-hydrogen) atoms. The topological polar surface area (TPSA) is 353 Å². The van der Waals surface area contributed by atoms with Gasteiger partial charge in [-0.1, -0.05) is 143 Å². The van der Waals surface area contributed by atoms with E-state index in [9.17, 15) is 67.7 Å². The molecule has 492 valence electrons. The summed E-state index contributed by atoms with van der Waals surface area (Å²) in [6.45, 7) is 20.9. The molecule has 1 heterocycles. The van der Waals surface area contributed by atoms with Crippen molar-refractivity contribution in [1.29, 1.82) is 0 Å². The molecule has 17 atom stereocenters. The first-order valence-corrected chi connectivity index (χ1v) is 31.8. The molecule has 0 aromatic heterocycles. The van der Waals surface area contributed by atoms with E-state index >= 15 is 0 Å². The zero-order valence-corrected chi connectivity index (χ0v) is 53.9. The van der Waals surface area contributed by atoms with Crippen LogP contribution in [0.15, 0.2) is 55.1 Å². The SMILES string of the molecule is C=C[C@H]1C[C@]12NC(=O)[C@H](C)CC(=O)[C@H](NC(=O)[C@H](CO)CC(=O)[C@@H](NC(=O)[C@H](CC(=O)[C@@H](CCC(N)=O)NC(=O)[C@H](CO)CC(=O)[C@@H](NC(=O)[C@H](CC)Cc1ccc3ccccc3c1)[C@@H](C)CC)[C@@H](C)CC)[C@@H](C)CC)[C@H](C)OC(=O)[C@H]([C@@H](C)CC)NC2=O. The van der Waals surface area contributed by atoms with Crippen LogP contribution in [0.25, 0.3) is 10.8 Å². The van der Waals surface area contributed by atoms with Gasteiger partial charge in [-0.25, -0.2) is 4.79 Å². The van der Waals surface area contributed by atoms with Gasteiger partial charge in [-0.3, -0.25) is 52.7 Å². The quantitative estimate of drug-likeness (QED) is 0.0342. The van der Waals surface area contributed by atoms with Crippen molar-refractivity contribution in [2.45, 2.75) is 201 Å². The van der Waals surface area contributed by atoms with Crippen LogP contribution >= 0.6 is 0 Å². The second-order valence-electron chi connectivity index (χ2n) is 25.1. The van der Waals surface area contributed by atoms with E-state index in [2.05, 4.69) is 38.5 Å². The Morgan fingerprint density at radius 2 is 1.27 bits per heavy atom. The number of cyclic esters (lactones) is 1. The van der Waals surface area contributed by atoms with E-state index in [0.29, 0.717) is 38.5 Å². The highest BCUT2D eigenvalue weighted by Gasteiger charge is 2.61. The highest BCUT2D eigenvalue weighted by molar-refractivity contribution is 6.01. The second-order valence-corrected chi connectivity index (χ2v) is 25.1. The van der Waals surface area contributed by atoms with Crippen LogP contribution in [-0.2, 0) is 68.7 Å². The van der Waals surface area contributed by atoms with Gasteiger partial charge in [0.15, 0.2) is 23.1 Å². The average molecular weight is 1240 g/mol. The van der Waals surface area contributed by atoms with E-state index in [0.717, 1.165) is 16.3 Å². The average Bonchev–Trinajstić information content (AvgIpc) is 1.74. The number of carbonyl (C=O) groups excluding carboxylic acids is 12. The molecule has 1 spiro atoms. The molecule has 0 bridgehead atoms. The Morgan fingerprint density at radius 1 is 0.708 bits per heavy atom. The molecule has 4 rings (SSSR count). The number of amides is 7. The van der Waals surface area contributed by atoms with Crippen molar-refractivity contribution in [2.24, 2.45) is 64.9 Å². The van der Waals surface area contributed by atoms with Gasteiger partial charge < -0.3 is 52.6 Å². The van der Waals surface area contributed by atoms with Gasteiger partial charge in [-0.15, -0.1) is 6.58 Å². The number of rotatable bonds is 34. The molecule has 10 N–H and O–H groups in total. The second kappa shape index (κ2) is 34.7. The summed E-state index contributed by atoms with van der Waals surface area (Å²) in [6, 6.07) is 7.35. The number of esters is 1. The van der Waals surface area contributed by atoms with Gasteiger partial charge in [0.05, 0.1) is 43.2 Å². The lowest BCUT2D eigenvalue weighted by Crippen LogP contribution is -2.57. The molecule has 0 radical (unpaired) electrons. The maximum Gasteiger partial charge on any atom is 0.329 e. The number of benzene rings is 2. The Kier molecular flexibility index (Phi) is 28.9. The fraction of sp³-hybridized carbons (Fsp3) is 0.642. The zero-order valence-electron chi connectivity index (χ0n) is 53.9. The number of aliphatic hydroxyl groups is 2. The van der Waals surface area contributed by atoms with Gasteiger partial charge in [0, 0.05) is 55.8 Å². The predicted molar refractivity (Wildman–Crippen MR) is 334 cm³/mol. The summed E-state index contributed by atoms with van der Waals surface area (Å²) in [6.07, 6.45) is 0.0833. The fourth-order valence-electron chi connectivity index (χ4n) is 11.4. The van der Waals surface area contributed by atoms with Crippen LogP contribution in [0.1, 0.15) is 159 Å². The monoisotopic (exact) mass is 1240 g/mol. The minimum atomic E-state index is -1.59. The van der Waals surface area contributed by atoms with E-state index in [1.807, 2.05) is 56.3 Å². The van der Waals surface area contributed by atoms with Crippen molar-refractivity contribution in [2.75, 3.05) is 13.2 Å². The van der Waals surface area contributed by atoms with Gasteiger partial charge in [0.2, 0.25) is 41.4 Å². The number of nitrogens with two attached hydrogens (primary N) is 1. The van der Waals surface area contributed by atoms with Gasteiger partial charge in [0.25, 0.3) is 0 Å². The van der Waals surface area contributed by atoms with E-state index in [-0.39, 0.29) is 31.1 Å². The summed E-state index contributed by atoms with van der Waals surface area (Å²) in [5.74, 6) is -16.4. The molecule has 0 unspecified atom stereocenters. The third-order valence-electron chi connectivity index (χ3n) is 18.6. The van der Waals surface area contributed by atoms with Crippen molar-refractivity contribution in [1.82, 2.24) is 31.9 Å². The summed E-state index contributed by atoms with van der Waals surface area (Å²) in [4.78, 5) is 167. The summed E-state index contributed by atoms with van der Waals surface area (Å²) >= 11 is 0. The molecule has 2 aliphatic rings. The van der Waals surface area contributed by atoms with E-state index in [1.54, 1.807) is 48.5 Å². The van der Waals surface area contributed by atoms with Crippen LogP contribution < -0.4 is 37.6 Å². The molecule has 22 heteroatoms. The van der Waals surface area contributed by atoms with Crippen molar-refractivity contribution in [3.05, 3.63) is 60.7 Å². The Morgan fingerprint density at radius 3 is 1.80 bits per heavy atom. The maximum absolute atomic E-state index is 14.5. The molecule has 1 saturated heterocycles. The van der Waals surface area contributed by atoms with Crippen molar-refractivity contribution >= 4 is 81.2 Å². The van der Waals surface area contributed by atoms with E-state index in [1.165, 1.54) is 19.9 Å². The highest BCUT2D eigenvalue weighted by atomic mass is 16.5. The van der Waals surface area contributed by atoms with Gasteiger partial charge in [0.1, 0.15) is 23.7 Å². The standard InChI is InChI=1S/C67H99N7O15/c1-13-36(7)49(32-51(77)50(25-26-55(68)81)69-62(84)46(34-75)30-53(79)56(37(8)14-2)70-61(83)43(17-5)28-42-23-24-44-21-19-20-22-45(44)29-42)64(86)71-57(38(9)15-3)54(80)31-47(35-76)63(85)72-59-41(12)89-65(87)58(39(10)16-4)73-66(88)67(33-48(67)18-6)74-60(82)40(11)27-52(59)78/h18-24,29,36-41,43,46-50,56-59,75-76H,6,13-17,25-28,30-35H2,1-5,7-12H3,(H2,68,81)(H,69,84)(H,70,83)(H,71,86)(H,72,85)(H,73,88)(H,74,82)/t36-,37-,38-,39-,40+,41-,43+,46-,47-,48-,49+,50+,56-,57-,58-,59+,67-/m0/s1. The lowest BCUT2D eigenvalue weighted by molar-refractivity contribution is -0.157. The minimum absolute atomic E-state index is 0.216. The number of ketones is 4. The van der Waals surface area contributed by atoms with E-state index < -0.39 is 199 Å². The third kappa shape index (κ3) is 20.1. The molecular weight excluding hydrogens is 1140 g/mol. The number of hydrogen-bond acceptors (Lipinski definition) is 15. The largest absolute Gasteiger partial charge is 0.458 e. The number of Topliss-reactive ketones (excluding diaryl/α,β-unsaturated/α-hetero) is 4. The first-order chi connectivity index (χ1) is 42.1. The van der Waals surface area contributed by atoms with Crippen LogP contribution in [-0.4, -0.2) is 136 Å². The molecule has 1 aliphatic carbocycles. The summed E-state index contributed by atoms with van der Waals surface area (Å²) in [5.41, 5.74) is 5.06. The third-order valence-corrected chi connectivity index (χ3v) is 18.6. The molecule has 2 aromatic rings. The molecular formula is C67H99N7O15. The lowest BCUT2D eigenvalue weighted by atomic mass is 9.83. The number of hydrogen-bond donors (Lipinski definition) is 9. The Bertz CT molecular complexity index is 2880. The van der Waals surface area contributed by atoms with Crippen LogP contribution in [0.3, 0.4) is 0 Å².